The summed E-state index contributed by atoms with van der Waals surface area (Å²) >= 11 is 0. The second kappa shape index (κ2) is 4.99. The van der Waals surface area contributed by atoms with Crippen LogP contribution in [0.4, 0.5) is 11.4 Å². The minimum atomic E-state index is -0.419. The van der Waals surface area contributed by atoms with Gasteiger partial charge in [0.2, 0.25) is 0 Å². The molecule has 0 bridgehead atoms. The molecule has 6 nitrogen and oxygen atoms in total. The summed E-state index contributed by atoms with van der Waals surface area (Å²) in [7, 11) is 0. The zero-order chi connectivity index (χ0) is 16.8. The number of nitro groups is 2. The SMILES string of the molecule is O=[N+]([O-])c1cc2c3ccccc3c([N+](=O)[O-])cc2c2ccccc12. The first-order valence-corrected chi connectivity index (χ1v) is 7.24. The average Bonchev–Trinajstić information content (AvgIpc) is 2.59. The summed E-state index contributed by atoms with van der Waals surface area (Å²) < 4.78 is 0. The van der Waals surface area contributed by atoms with E-state index in [0.717, 1.165) is 0 Å². The zero-order valence-electron chi connectivity index (χ0n) is 12.3. The molecule has 0 aliphatic carbocycles. The van der Waals surface area contributed by atoms with Crippen molar-refractivity contribution in [2.45, 2.75) is 0 Å². The maximum absolute atomic E-state index is 11.5. The highest BCUT2D eigenvalue weighted by atomic mass is 16.6. The number of fused-ring (bicyclic) bond motifs is 5. The molecule has 6 heteroatoms. The fourth-order valence-corrected chi connectivity index (χ4v) is 3.21. The van der Waals surface area contributed by atoms with Crippen molar-refractivity contribution in [2.24, 2.45) is 0 Å². The number of benzene rings is 4. The number of hydrogen-bond donors (Lipinski definition) is 0. The number of rotatable bonds is 2. The van der Waals surface area contributed by atoms with Gasteiger partial charge in [-0.25, -0.2) is 0 Å². The molecule has 0 unspecified atom stereocenters. The molecule has 116 valence electrons. The summed E-state index contributed by atoms with van der Waals surface area (Å²) in [5.41, 5.74) is -0.00536. The van der Waals surface area contributed by atoms with Gasteiger partial charge in [0.25, 0.3) is 11.4 Å². The first-order chi connectivity index (χ1) is 11.6. The molecule has 24 heavy (non-hydrogen) atoms. The van der Waals surface area contributed by atoms with E-state index in [2.05, 4.69) is 0 Å². The van der Waals surface area contributed by atoms with Gasteiger partial charge >= 0.3 is 0 Å². The van der Waals surface area contributed by atoms with Crippen LogP contribution in [0.3, 0.4) is 0 Å². The normalized spacial score (nSPS) is 11.2. The quantitative estimate of drug-likeness (QED) is 0.297. The molecule has 0 radical (unpaired) electrons. The van der Waals surface area contributed by atoms with Crippen LogP contribution in [0, 0.1) is 20.2 Å². The smallest absolute Gasteiger partial charge is 0.258 e. The largest absolute Gasteiger partial charge is 0.277 e. The van der Waals surface area contributed by atoms with Crippen molar-refractivity contribution >= 4 is 43.7 Å². The van der Waals surface area contributed by atoms with Gasteiger partial charge in [-0.3, -0.25) is 20.2 Å². The molecule has 0 amide bonds. The lowest BCUT2D eigenvalue weighted by Crippen LogP contribution is -1.94. The molecule has 0 fully saturated rings. The zero-order valence-corrected chi connectivity index (χ0v) is 12.3. The van der Waals surface area contributed by atoms with E-state index < -0.39 is 9.85 Å². The summed E-state index contributed by atoms with van der Waals surface area (Å²) in [4.78, 5) is 22.1. The summed E-state index contributed by atoms with van der Waals surface area (Å²) in [6, 6.07) is 16.8. The molecule has 0 N–H and O–H groups in total. The van der Waals surface area contributed by atoms with Gasteiger partial charge < -0.3 is 0 Å². The van der Waals surface area contributed by atoms with E-state index in [1.165, 1.54) is 12.1 Å². The highest BCUT2D eigenvalue weighted by Crippen LogP contribution is 2.40. The minimum absolute atomic E-state index is 0.00268. The monoisotopic (exact) mass is 318 g/mol. The summed E-state index contributed by atoms with van der Waals surface area (Å²) in [6.07, 6.45) is 0. The van der Waals surface area contributed by atoms with Crippen molar-refractivity contribution in [3.05, 3.63) is 80.9 Å². The minimum Gasteiger partial charge on any atom is -0.258 e. The number of hydrogen-bond acceptors (Lipinski definition) is 4. The lowest BCUT2D eigenvalue weighted by Gasteiger charge is -2.09. The number of non-ortho nitro benzene ring substituents is 2. The van der Waals surface area contributed by atoms with E-state index in [1.807, 2.05) is 0 Å². The Labute approximate surface area is 135 Å². The molecule has 0 saturated heterocycles. The highest BCUT2D eigenvalue weighted by Gasteiger charge is 2.20. The first kappa shape index (κ1) is 14.1. The van der Waals surface area contributed by atoms with Crippen LogP contribution in [0.5, 0.6) is 0 Å². The maximum atomic E-state index is 11.5. The van der Waals surface area contributed by atoms with E-state index in [-0.39, 0.29) is 11.4 Å². The molecule has 0 saturated carbocycles. The lowest BCUT2D eigenvalue weighted by atomic mass is 9.95. The van der Waals surface area contributed by atoms with Gasteiger partial charge in [0, 0.05) is 12.1 Å². The van der Waals surface area contributed by atoms with E-state index in [1.54, 1.807) is 48.5 Å². The van der Waals surface area contributed by atoms with Gasteiger partial charge in [-0.1, -0.05) is 36.4 Å². The van der Waals surface area contributed by atoms with Crippen LogP contribution in [0.25, 0.3) is 32.3 Å². The van der Waals surface area contributed by atoms with Crippen molar-refractivity contribution in [2.75, 3.05) is 0 Å². The fourth-order valence-electron chi connectivity index (χ4n) is 3.21. The molecule has 4 aromatic carbocycles. The van der Waals surface area contributed by atoms with Crippen LogP contribution in [0.15, 0.2) is 60.7 Å². The van der Waals surface area contributed by atoms with Gasteiger partial charge in [0.1, 0.15) is 0 Å². The third kappa shape index (κ3) is 1.90. The number of nitro benzene ring substituents is 2. The van der Waals surface area contributed by atoms with Crippen molar-refractivity contribution in [3.63, 3.8) is 0 Å². The van der Waals surface area contributed by atoms with Gasteiger partial charge in [-0.2, -0.15) is 0 Å². The average molecular weight is 318 g/mol. The number of nitrogens with zero attached hydrogens (tertiary/aromatic N) is 2. The Morgan fingerprint density at radius 2 is 0.875 bits per heavy atom. The molecule has 4 aromatic rings. The molecule has 0 spiro atoms. The van der Waals surface area contributed by atoms with Crippen molar-refractivity contribution in [1.82, 2.24) is 0 Å². The van der Waals surface area contributed by atoms with E-state index >= 15 is 0 Å². The molecule has 0 heterocycles. The summed E-state index contributed by atoms with van der Waals surface area (Å²) in [5.74, 6) is 0. The molecule has 0 aliphatic rings. The van der Waals surface area contributed by atoms with Gasteiger partial charge in [-0.05, 0) is 33.7 Å². The highest BCUT2D eigenvalue weighted by molar-refractivity contribution is 6.21. The van der Waals surface area contributed by atoms with E-state index in [4.69, 9.17) is 0 Å². The van der Waals surface area contributed by atoms with Crippen LogP contribution in [0.1, 0.15) is 0 Å². The molecule has 0 aliphatic heterocycles. The van der Waals surface area contributed by atoms with Gasteiger partial charge in [0.15, 0.2) is 0 Å². The van der Waals surface area contributed by atoms with Crippen LogP contribution in [-0.4, -0.2) is 9.85 Å². The maximum Gasteiger partial charge on any atom is 0.277 e. The van der Waals surface area contributed by atoms with E-state index in [0.29, 0.717) is 32.3 Å². The van der Waals surface area contributed by atoms with Crippen LogP contribution in [-0.2, 0) is 0 Å². The molecular weight excluding hydrogens is 308 g/mol. The van der Waals surface area contributed by atoms with Gasteiger partial charge in [0.05, 0.1) is 20.6 Å². The Hall–Kier alpha value is -3.54. The van der Waals surface area contributed by atoms with Gasteiger partial charge in [-0.15, -0.1) is 0 Å². The fraction of sp³-hybridized carbons (Fsp3) is 0. The third-order valence-corrected chi connectivity index (χ3v) is 4.23. The van der Waals surface area contributed by atoms with Crippen LogP contribution >= 0.6 is 0 Å². The third-order valence-electron chi connectivity index (χ3n) is 4.23. The second-order valence-corrected chi connectivity index (χ2v) is 5.49. The Morgan fingerprint density at radius 3 is 1.21 bits per heavy atom. The summed E-state index contributed by atoms with van der Waals surface area (Å²) in [6.45, 7) is 0. The van der Waals surface area contributed by atoms with Crippen LogP contribution < -0.4 is 0 Å². The second-order valence-electron chi connectivity index (χ2n) is 5.49. The Kier molecular flexibility index (Phi) is 2.93. The molecule has 0 aromatic heterocycles. The Bertz CT molecular complexity index is 1070. The topological polar surface area (TPSA) is 86.3 Å². The lowest BCUT2D eigenvalue weighted by molar-refractivity contribution is -0.383. The Morgan fingerprint density at radius 1 is 0.542 bits per heavy atom. The predicted molar refractivity (Wildman–Crippen MR) is 92.3 cm³/mol. The molecule has 0 atom stereocenters. The molecule has 4 rings (SSSR count). The predicted octanol–water partition coefficient (Wildman–Crippen LogP) is 4.96. The Balaban J connectivity index is 2.34. The van der Waals surface area contributed by atoms with Crippen molar-refractivity contribution < 1.29 is 9.85 Å². The van der Waals surface area contributed by atoms with Crippen molar-refractivity contribution in [1.29, 1.82) is 0 Å². The van der Waals surface area contributed by atoms with Crippen molar-refractivity contribution in [3.8, 4) is 0 Å². The first-order valence-electron chi connectivity index (χ1n) is 7.24. The standard InChI is InChI=1S/C18H10N2O4/c21-19(22)17-10-16-12-6-2-4-8-14(12)18(20(23)24)9-15(16)11-5-1-3-7-13(11)17/h1-10H. The van der Waals surface area contributed by atoms with Crippen LogP contribution in [0.2, 0.25) is 0 Å². The molecular formula is C18H10N2O4. The summed E-state index contributed by atoms with van der Waals surface area (Å²) in [5, 5.41) is 26.4. The van der Waals surface area contributed by atoms with E-state index in [9.17, 15) is 20.2 Å².